The van der Waals surface area contributed by atoms with Crippen molar-refractivity contribution in [3.8, 4) is 0 Å². The summed E-state index contributed by atoms with van der Waals surface area (Å²) in [5.41, 5.74) is 0. The van der Waals surface area contributed by atoms with E-state index in [-0.39, 0.29) is 12.4 Å². The van der Waals surface area contributed by atoms with Crippen LogP contribution in [0, 0.1) is 5.92 Å². The fourth-order valence-electron chi connectivity index (χ4n) is 2.00. The van der Waals surface area contributed by atoms with Crippen molar-refractivity contribution in [3.05, 3.63) is 22.8 Å². The number of anilines is 1. The molecule has 0 bridgehead atoms. The second kappa shape index (κ2) is 6.06. The third-order valence-corrected chi connectivity index (χ3v) is 4.98. The van der Waals surface area contributed by atoms with Crippen LogP contribution in [0.25, 0.3) is 0 Å². The molecule has 0 saturated carbocycles. The van der Waals surface area contributed by atoms with Crippen LogP contribution in [0.1, 0.15) is 12.8 Å². The maximum Gasteiger partial charge on any atom is 0.307 e. The van der Waals surface area contributed by atoms with Crippen molar-refractivity contribution in [1.82, 2.24) is 9.29 Å². The number of aliphatic carboxylic acids is 1. The molecular formula is C11H14BrN3O4S. The van der Waals surface area contributed by atoms with Crippen molar-refractivity contribution in [2.75, 3.05) is 17.8 Å². The van der Waals surface area contributed by atoms with Crippen LogP contribution in [0.4, 0.5) is 5.82 Å². The molecule has 0 spiro atoms. The highest BCUT2D eigenvalue weighted by Gasteiger charge is 2.32. The molecule has 20 heavy (non-hydrogen) atoms. The third kappa shape index (κ3) is 3.68. The van der Waals surface area contributed by atoms with E-state index in [0.29, 0.717) is 19.4 Å². The first kappa shape index (κ1) is 15.2. The molecule has 0 aliphatic carbocycles. The number of hydrogen-bond acceptors (Lipinski definition) is 4. The van der Waals surface area contributed by atoms with E-state index in [1.807, 2.05) is 0 Å². The van der Waals surface area contributed by atoms with Crippen molar-refractivity contribution in [2.45, 2.75) is 12.8 Å². The zero-order chi connectivity index (χ0) is 14.8. The normalized spacial score (nSPS) is 20.6. The Labute approximate surface area is 125 Å². The van der Waals surface area contributed by atoms with Crippen LogP contribution in [-0.4, -0.2) is 41.9 Å². The van der Waals surface area contributed by atoms with Crippen molar-refractivity contribution in [3.63, 3.8) is 0 Å². The molecule has 1 unspecified atom stereocenters. The van der Waals surface area contributed by atoms with Gasteiger partial charge >= 0.3 is 16.2 Å². The van der Waals surface area contributed by atoms with Crippen LogP contribution in [-0.2, 0) is 15.0 Å². The number of hydrogen-bond donors (Lipinski definition) is 2. The Bertz CT molecular complexity index is 590. The Kier molecular flexibility index (Phi) is 4.61. The Morgan fingerprint density at radius 3 is 2.85 bits per heavy atom. The van der Waals surface area contributed by atoms with Gasteiger partial charge in [-0.05, 0) is 40.9 Å². The van der Waals surface area contributed by atoms with Gasteiger partial charge in [0.05, 0.1) is 5.92 Å². The average Bonchev–Trinajstić information content (AvgIpc) is 2.41. The van der Waals surface area contributed by atoms with E-state index < -0.39 is 22.1 Å². The van der Waals surface area contributed by atoms with Gasteiger partial charge in [0.2, 0.25) is 0 Å². The number of carboxylic acid groups (broad SMARTS) is 1. The predicted molar refractivity (Wildman–Crippen MR) is 76.4 cm³/mol. The molecule has 2 heterocycles. The van der Waals surface area contributed by atoms with E-state index in [1.165, 1.54) is 12.3 Å². The topological polar surface area (TPSA) is 99.6 Å². The highest BCUT2D eigenvalue weighted by atomic mass is 79.9. The van der Waals surface area contributed by atoms with Crippen molar-refractivity contribution in [2.24, 2.45) is 5.92 Å². The molecule has 0 radical (unpaired) electrons. The number of carbonyl (C=O) groups is 1. The number of carboxylic acids is 1. The summed E-state index contributed by atoms with van der Waals surface area (Å²) < 4.78 is 28.6. The smallest absolute Gasteiger partial charge is 0.307 e. The molecule has 1 fully saturated rings. The van der Waals surface area contributed by atoms with Gasteiger partial charge in [-0.2, -0.15) is 12.7 Å². The van der Waals surface area contributed by atoms with Gasteiger partial charge in [-0.3, -0.25) is 9.52 Å². The van der Waals surface area contributed by atoms with Gasteiger partial charge in [-0.15, -0.1) is 0 Å². The molecule has 0 aromatic carbocycles. The Morgan fingerprint density at radius 1 is 1.50 bits per heavy atom. The zero-order valence-corrected chi connectivity index (χ0v) is 12.9. The molecule has 0 amide bonds. The van der Waals surface area contributed by atoms with Crippen LogP contribution in [0.3, 0.4) is 0 Å². The second-order valence-corrected chi connectivity index (χ2v) is 7.09. The van der Waals surface area contributed by atoms with E-state index in [0.717, 1.165) is 8.78 Å². The van der Waals surface area contributed by atoms with Crippen LogP contribution in [0.15, 0.2) is 22.8 Å². The summed E-state index contributed by atoms with van der Waals surface area (Å²) in [6, 6.07) is 3.20. The number of rotatable bonds is 4. The van der Waals surface area contributed by atoms with Gasteiger partial charge in [-0.1, -0.05) is 0 Å². The minimum absolute atomic E-state index is 0.0127. The van der Waals surface area contributed by atoms with E-state index in [4.69, 9.17) is 5.11 Å². The largest absolute Gasteiger partial charge is 0.481 e. The molecular weight excluding hydrogens is 350 g/mol. The minimum atomic E-state index is -3.77. The summed E-state index contributed by atoms with van der Waals surface area (Å²) in [6.07, 6.45) is 2.51. The van der Waals surface area contributed by atoms with Crippen molar-refractivity contribution in [1.29, 1.82) is 0 Å². The first-order chi connectivity index (χ1) is 9.38. The molecule has 1 aliphatic heterocycles. The van der Waals surface area contributed by atoms with Crippen LogP contribution in [0.2, 0.25) is 0 Å². The van der Waals surface area contributed by atoms with Crippen molar-refractivity contribution < 1.29 is 18.3 Å². The number of piperidine rings is 1. The first-order valence-electron chi connectivity index (χ1n) is 6.01. The molecule has 2 rings (SSSR count). The second-order valence-electron chi connectivity index (χ2n) is 4.50. The maximum absolute atomic E-state index is 12.2. The molecule has 7 nitrogen and oxygen atoms in total. The third-order valence-electron chi connectivity index (χ3n) is 3.03. The Hall–Kier alpha value is -1.19. The Morgan fingerprint density at radius 2 is 2.25 bits per heavy atom. The number of aromatic nitrogens is 1. The summed E-state index contributed by atoms with van der Waals surface area (Å²) in [5.74, 6) is -1.42. The van der Waals surface area contributed by atoms with Gasteiger partial charge < -0.3 is 5.11 Å². The summed E-state index contributed by atoms with van der Waals surface area (Å²) >= 11 is 3.21. The summed E-state index contributed by atoms with van der Waals surface area (Å²) in [5, 5.41) is 8.98. The van der Waals surface area contributed by atoms with Gasteiger partial charge in [0.25, 0.3) is 0 Å². The van der Waals surface area contributed by atoms with E-state index >= 15 is 0 Å². The summed E-state index contributed by atoms with van der Waals surface area (Å²) in [7, 11) is -3.77. The quantitative estimate of drug-likeness (QED) is 0.839. The van der Waals surface area contributed by atoms with Crippen LogP contribution < -0.4 is 4.72 Å². The fourth-order valence-corrected chi connectivity index (χ4v) is 3.49. The minimum Gasteiger partial charge on any atom is -0.481 e. The monoisotopic (exact) mass is 363 g/mol. The summed E-state index contributed by atoms with van der Waals surface area (Å²) in [6.45, 7) is 0.302. The maximum atomic E-state index is 12.2. The molecule has 1 aliphatic rings. The molecule has 1 saturated heterocycles. The van der Waals surface area contributed by atoms with Gasteiger partial charge in [0.15, 0.2) is 0 Å². The van der Waals surface area contributed by atoms with Crippen LogP contribution >= 0.6 is 15.9 Å². The molecule has 2 N–H and O–H groups in total. The molecule has 1 aromatic rings. The number of halogens is 1. The zero-order valence-electron chi connectivity index (χ0n) is 10.5. The number of nitrogens with zero attached hydrogens (tertiary/aromatic N) is 2. The van der Waals surface area contributed by atoms with Gasteiger partial charge in [-0.25, -0.2) is 4.98 Å². The number of pyridine rings is 1. The predicted octanol–water partition coefficient (Wildman–Crippen LogP) is 1.30. The fraction of sp³-hybridized carbons (Fsp3) is 0.455. The van der Waals surface area contributed by atoms with Crippen LogP contribution in [0.5, 0.6) is 0 Å². The van der Waals surface area contributed by atoms with Gasteiger partial charge in [0, 0.05) is 23.8 Å². The first-order valence-corrected chi connectivity index (χ1v) is 8.24. The summed E-state index contributed by atoms with van der Waals surface area (Å²) in [4.78, 5) is 14.9. The lowest BCUT2D eigenvalue weighted by Crippen LogP contribution is -2.44. The Balaban J connectivity index is 2.09. The van der Waals surface area contributed by atoms with Crippen molar-refractivity contribution >= 4 is 37.9 Å². The molecule has 9 heteroatoms. The molecule has 110 valence electrons. The lowest BCUT2D eigenvalue weighted by Gasteiger charge is -2.29. The molecule has 1 atom stereocenters. The van der Waals surface area contributed by atoms with Gasteiger partial charge in [0.1, 0.15) is 5.82 Å². The van der Waals surface area contributed by atoms with E-state index in [9.17, 15) is 13.2 Å². The van der Waals surface area contributed by atoms with E-state index in [2.05, 4.69) is 25.6 Å². The highest BCUT2D eigenvalue weighted by molar-refractivity contribution is 9.10. The standard InChI is InChI=1S/C11H14BrN3O4S/c12-9-3-4-10(13-6-9)14-20(18,19)15-5-1-2-8(7-15)11(16)17/h3-4,6,8H,1-2,5,7H2,(H,13,14)(H,16,17). The highest BCUT2D eigenvalue weighted by Crippen LogP contribution is 2.20. The number of nitrogens with one attached hydrogen (secondary N) is 1. The van der Waals surface area contributed by atoms with E-state index in [1.54, 1.807) is 6.07 Å². The molecule has 1 aromatic heterocycles. The average molecular weight is 364 g/mol. The SMILES string of the molecule is O=C(O)C1CCCN(S(=O)(=O)Nc2ccc(Br)cn2)C1. The lowest BCUT2D eigenvalue weighted by atomic mass is 10.0. The lowest BCUT2D eigenvalue weighted by molar-refractivity contribution is -0.142.